The van der Waals surface area contributed by atoms with Gasteiger partial charge in [-0.05, 0) is 48.5 Å². The number of benzene rings is 2. The van der Waals surface area contributed by atoms with E-state index in [2.05, 4.69) is 38.5 Å². The number of aromatic nitrogens is 3. The van der Waals surface area contributed by atoms with Gasteiger partial charge in [0.1, 0.15) is 0 Å². The van der Waals surface area contributed by atoms with E-state index in [0.717, 1.165) is 37.7 Å². The number of anilines is 4. The molecule has 27 heavy (non-hydrogen) atoms. The normalized spacial score (nSPS) is 14.0. The van der Waals surface area contributed by atoms with Crippen molar-refractivity contribution in [3.63, 3.8) is 0 Å². The molecular formula is C19H19N7O. The van der Waals surface area contributed by atoms with Crippen LogP contribution >= 0.6 is 0 Å². The van der Waals surface area contributed by atoms with Crippen molar-refractivity contribution in [2.45, 2.75) is 0 Å². The zero-order valence-corrected chi connectivity index (χ0v) is 14.7. The van der Waals surface area contributed by atoms with E-state index in [1.54, 1.807) is 24.3 Å². The third-order valence-electron chi connectivity index (χ3n) is 4.37. The standard InChI is InChI=1S/C19H19N7O/c20-13-14-1-5-17(6-2-14)26-18(21)23-19(24-26)22-15-3-7-16(8-4-15)25-9-11-27-12-10-25/h1-8H,9-12H2,(H3,21,22,23,24). The highest BCUT2D eigenvalue weighted by molar-refractivity contribution is 5.60. The number of morpholine rings is 1. The molecule has 8 heteroatoms. The van der Waals surface area contributed by atoms with E-state index in [0.29, 0.717) is 11.5 Å². The van der Waals surface area contributed by atoms with Gasteiger partial charge in [-0.15, -0.1) is 5.10 Å². The van der Waals surface area contributed by atoms with Crippen molar-refractivity contribution in [2.75, 3.05) is 42.3 Å². The van der Waals surface area contributed by atoms with Crippen LogP contribution in [0.5, 0.6) is 0 Å². The molecule has 0 unspecified atom stereocenters. The van der Waals surface area contributed by atoms with E-state index in [1.807, 2.05) is 12.1 Å². The number of nitrogens with zero attached hydrogens (tertiary/aromatic N) is 5. The highest BCUT2D eigenvalue weighted by Gasteiger charge is 2.12. The third kappa shape index (κ3) is 3.68. The summed E-state index contributed by atoms with van der Waals surface area (Å²) in [6.45, 7) is 3.33. The Balaban J connectivity index is 1.49. The summed E-state index contributed by atoms with van der Waals surface area (Å²) in [4.78, 5) is 6.56. The van der Waals surface area contributed by atoms with E-state index >= 15 is 0 Å². The molecule has 0 saturated carbocycles. The molecule has 0 amide bonds. The summed E-state index contributed by atoms with van der Waals surface area (Å²) in [5.41, 5.74) is 9.35. The molecule has 1 aliphatic rings. The topological polar surface area (TPSA) is 105 Å². The minimum atomic E-state index is 0.271. The Labute approximate surface area is 156 Å². The molecule has 4 rings (SSSR count). The van der Waals surface area contributed by atoms with Crippen molar-refractivity contribution >= 4 is 23.3 Å². The second kappa shape index (κ2) is 7.35. The maximum atomic E-state index is 8.90. The van der Waals surface area contributed by atoms with Gasteiger partial charge in [0.25, 0.3) is 0 Å². The average Bonchev–Trinajstić information content (AvgIpc) is 3.09. The van der Waals surface area contributed by atoms with Gasteiger partial charge in [-0.25, -0.2) is 0 Å². The molecule has 3 aromatic rings. The fourth-order valence-corrected chi connectivity index (χ4v) is 2.95. The molecule has 2 heterocycles. The fourth-order valence-electron chi connectivity index (χ4n) is 2.95. The molecule has 3 N–H and O–H groups in total. The molecular weight excluding hydrogens is 342 g/mol. The summed E-state index contributed by atoms with van der Waals surface area (Å²) in [6.07, 6.45) is 0. The molecule has 8 nitrogen and oxygen atoms in total. The molecule has 136 valence electrons. The maximum Gasteiger partial charge on any atom is 0.248 e. The number of hydrogen-bond donors (Lipinski definition) is 2. The van der Waals surface area contributed by atoms with Gasteiger partial charge in [-0.3, -0.25) is 0 Å². The van der Waals surface area contributed by atoms with Crippen LogP contribution in [0.1, 0.15) is 5.56 Å². The third-order valence-corrected chi connectivity index (χ3v) is 4.37. The first kappa shape index (κ1) is 16.9. The average molecular weight is 361 g/mol. The lowest BCUT2D eigenvalue weighted by molar-refractivity contribution is 0.122. The predicted octanol–water partition coefficient (Wildman–Crippen LogP) is 2.30. The van der Waals surface area contributed by atoms with Crippen LogP contribution in [0.4, 0.5) is 23.3 Å². The smallest absolute Gasteiger partial charge is 0.248 e. The fraction of sp³-hybridized carbons (Fsp3) is 0.211. The summed E-state index contributed by atoms with van der Waals surface area (Å²) < 4.78 is 6.92. The molecule has 0 spiro atoms. The van der Waals surface area contributed by atoms with E-state index in [9.17, 15) is 0 Å². The van der Waals surface area contributed by atoms with E-state index in [1.165, 1.54) is 10.4 Å². The summed E-state index contributed by atoms with van der Waals surface area (Å²) in [6, 6.07) is 17.2. The number of nitrogens with one attached hydrogen (secondary N) is 1. The van der Waals surface area contributed by atoms with Crippen molar-refractivity contribution in [1.29, 1.82) is 5.26 Å². The zero-order chi connectivity index (χ0) is 18.6. The van der Waals surface area contributed by atoms with Gasteiger partial charge in [-0.1, -0.05) is 0 Å². The Morgan fingerprint density at radius 2 is 1.67 bits per heavy atom. The van der Waals surface area contributed by atoms with E-state index < -0.39 is 0 Å². The molecule has 0 atom stereocenters. The summed E-state index contributed by atoms with van der Waals surface area (Å²) >= 11 is 0. The first-order valence-electron chi connectivity index (χ1n) is 8.66. The summed E-state index contributed by atoms with van der Waals surface area (Å²) in [7, 11) is 0. The van der Waals surface area contributed by atoms with Gasteiger partial charge < -0.3 is 20.7 Å². The minimum Gasteiger partial charge on any atom is -0.378 e. The van der Waals surface area contributed by atoms with Crippen molar-refractivity contribution in [3.05, 3.63) is 54.1 Å². The number of nitrogen functional groups attached to an aromatic ring is 1. The van der Waals surface area contributed by atoms with Gasteiger partial charge in [0.2, 0.25) is 11.9 Å². The molecule has 0 aliphatic carbocycles. The largest absolute Gasteiger partial charge is 0.378 e. The van der Waals surface area contributed by atoms with Crippen LogP contribution in [-0.2, 0) is 4.74 Å². The Morgan fingerprint density at radius 1 is 1.00 bits per heavy atom. The van der Waals surface area contributed by atoms with Crippen LogP contribution in [0.25, 0.3) is 5.69 Å². The first-order chi connectivity index (χ1) is 13.2. The Hall–Kier alpha value is -3.57. The zero-order valence-electron chi connectivity index (χ0n) is 14.7. The Kier molecular flexibility index (Phi) is 4.60. The van der Waals surface area contributed by atoms with Crippen LogP contribution in [0, 0.1) is 11.3 Å². The van der Waals surface area contributed by atoms with Crippen LogP contribution in [0.15, 0.2) is 48.5 Å². The van der Waals surface area contributed by atoms with Gasteiger partial charge in [0, 0.05) is 24.5 Å². The highest BCUT2D eigenvalue weighted by Crippen LogP contribution is 2.22. The first-order valence-corrected chi connectivity index (χ1v) is 8.66. The van der Waals surface area contributed by atoms with Crippen molar-refractivity contribution in [1.82, 2.24) is 14.8 Å². The SMILES string of the molecule is N#Cc1ccc(-n2nc(Nc3ccc(N4CCOCC4)cc3)nc2N)cc1. The molecule has 1 aliphatic heterocycles. The second-order valence-corrected chi connectivity index (χ2v) is 6.14. The quantitative estimate of drug-likeness (QED) is 0.734. The number of nitrogens with two attached hydrogens (primary N) is 1. The predicted molar refractivity (Wildman–Crippen MR) is 103 cm³/mol. The van der Waals surface area contributed by atoms with Crippen LogP contribution < -0.4 is 16.0 Å². The van der Waals surface area contributed by atoms with E-state index in [-0.39, 0.29) is 5.95 Å². The lowest BCUT2D eigenvalue weighted by atomic mass is 10.2. The van der Waals surface area contributed by atoms with Crippen LogP contribution in [0.3, 0.4) is 0 Å². The molecule has 0 bridgehead atoms. The highest BCUT2D eigenvalue weighted by atomic mass is 16.5. The van der Waals surface area contributed by atoms with Crippen LogP contribution in [0.2, 0.25) is 0 Å². The molecule has 2 aromatic carbocycles. The number of rotatable bonds is 4. The van der Waals surface area contributed by atoms with Gasteiger partial charge in [0.05, 0.1) is 30.5 Å². The van der Waals surface area contributed by atoms with Gasteiger partial charge in [0.15, 0.2) is 0 Å². The minimum absolute atomic E-state index is 0.271. The van der Waals surface area contributed by atoms with Crippen molar-refractivity contribution in [3.8, 4) is 11.8 Å². The lowest BCUT2D eigenvalue weighted by Gasteiger charge is -2.28. The van der Waals surface area contributed by atoms with Gasteiger partial charge >= 0.3 is 0 Å². The van der Waals surface area contributed by atoms with Gasteiger partial charge in [-0.2, -0.15) is 14.9 Å². The van der Waals surface area contributed by atoms with Crippen LogP contribution in [-0.4, -0.2) is 41.1 Å². The molecule has 1 saturated heterocycles. The second-order valence-electron chi connectivity index (χ2n) is 6.14. The Morgan fingerprint density at radius 3 is 2.33 bits per heavy atom. The summed E-state index contributed by atoms with van der Waals surface area (Å²) in [5, 5.41) is 16.5. The molecule has 1 fully saturated rings. The maximum absolute atomic E-state index is 8.90. The van der Waals surface area contributed by atoms with Crippen molar-refractivity contribution < 1.29 is 4.74 Å². The summed E-state index contributed by atoms with van der Waals surface area (Å²) in [5.74, 6) is 0.683. The monoisotopic (exact) mass is 361 g/mol. The van der Waals surface area contributed by atoms with E-state index in [4.69, 9.17) is 15.7 Å². The number of ether oxygens (including phenoxy) is 1. The number of nitriles is 1. The van der Waals surface area contributed by atoms with Crippen molar-refractivity contribution in [2.24, 2.45) is 0 Å². The lowest BCUT2D eigenvalue weighted by Crippen LogP contribution is -2.36. The number of hydrogen-bond acceptors (Lipinski definition) is 7. The molecule has 1 aromatic heterocycles. The molecule has 0 radical (unpaired) electrons. The Bertz CT molecular complexity index is 951.